The standard InChI is InChI=1S/C18H17FN2O2/c1-2-23-18(22)17-9-12-7-8-14(10-16(12)21-17)20-15-6-4-3-5-13(15)11-19/h3-10,20-21H,2,11H2,1H3. The van der Waals surface area contributed by atoms with Gasteiger partial charge in [-0.1, -0.05) is 24.3 Å². The third kappa shape index (κ3) is 3.18. The molecule has 1 heterocycles. The molecule has 0 amide bonds. The largest absolute Gasteiger partial charge is 0.461 e. The second-order valence-electron chi connectivity index (χ2n) is 5.12. The summed E-state index contributed by atoms with van der Waals surface area (Å²) in [5, 5.41) is 4.12. The Morgan fingerprint density at radius 1 is 1.22 bits per heavy atom. The van der Waals surface area contributed by atoms with Crippen LogP contribution < -0.4 is 5.32 Å². The van der Waals surface area contributed by atoms with Crippen molar-refractivity contribution in [1.29, 1.82) is 0 Å². The van der Waals surface area contributed by atoms with Crippen molar-refractivity contribution in [2.75, 3.05) is 11.9 Å². The van der Waals surface area contributed by atoms with E-state index in [2.05, 4.69) is 10.3 Å². The van der Waals surface area contributed by atoms with Crippen LogP contribution in [0.1, 0.15) is 23.0 Å². The molecule has 0 saturated carbocycles. The second kappa shape index (κ2) is 6.52. The zero-order chi connectivity index (χ0) is 16.2. The lowest BCUT2D eigenvalue weighted by atomic mass is 10.1. The Morgan fingerprint density at radius 3 is 2.83 bits per heavy atom. The normalized spacial score (nSPS) is 10.7. The summed E-state index contributed by atoms with van der Waals surface area (Å²) in [6.07, 6.45) is 0. The number of ether oxygens (including phenoxy) is 1. The fraction of sp³-hybridized carbons (Fsp3) is 0.167. The second-order valence-corrected chi connectivity index (χ2v) is 5.12. The summed E-state index contributed by atoms with van der Waals surface area (Å²) in [4.78, 5) is 14.8. The van der Waals surface area contributed by atoms with Gasteiger partial charge in [-0.3, -0.25) is 0 Å². The third-order valence-corrected chi connectivity index (χ3v) is 3.56. The lowest BCUT2D eigenvalue weighted by Crippen LogP contribution is -2.04. The SMILES string of the molecule is CCOC(=O)c1cc2ccc(Nc3ccccc3CF)cc2[nH]1. The molecule has 2 N–H and O–H groups in total. The minimum Gasteiger partial charge on any atom is -0.461 e. The number of para-hydroxylation sites is 1. The Balaban J connectivity index is 1.89. The van der Waals surface area contributed by atoms with Crippen molar-refractivity contribution in [3.05, 3.63) is 59.8 Å². The van der Waals surface area contributed by atoms with E-state index in [-0.39, 0.29) is 5.97 Å². The highest BCUT2D eigenvalue weighted by atomic mass is 19.1. The molecule has 0 saturated heterocycles. The molecule has 3 rings (SSSR count). The summed E-state index contributed by atoms with van der Waals surface area (Å²) in [6.45, 7) is 1.58. The Kier molecular flexibility index (Phi) is 4.28. The Morgan fingerprint density at radius 2 is 2.04 bits per heavy atom. The van der Waals surface area contributed by atoms with Gasteiger partial charge in [0.05, 0.1) is 6.61 Å². The molecule has 0 fully saturated rings. The van der Waals surface area contributed by atoms with Crippen LogP contribution in [0.25, 0.3) is 10.9 Å². The molecule has 4 nitrogen and oxygen atoms in total. The van der Waals surface area contributed by atoms with Gasteiger partial charge in [0.15, 0.2) is 0 Å². The van der Waals surface area contributed by atoms with Crippen molar-refractivity contribution in [3.8, 4) is 0 Å². The van der Waals surface area contributed by atoms with Crippen LogP contribution >= 0.6 is 0 Å². The van der Waals surface area contributed by atoms with E-state index in [9.17, 15) is 9.18 Å². The maximum Gasteiger partial charge on any atom is 0.354 e. The van der Waals surface area contributed by atoms with Gasteiger partial charge in [-0.25, -0.2) is 9.18 Å². The van der Waals surface area contributed by atoms with E-state index in [0.717, 1.165) is 22.3 Å². The first-order valence-corrected chi connectivity index (χ1v) is 7.42. The predicted octanol–water partition coefficient (Wildman–Crippen LogP) is 4.56. The van der Waals surface area contributed by atoms with E-state index < -0.39 is 6.67 Å². The van der Waals surface area contributed by atoms with E-state index in [1.54, 1.807) is 25.1 Å². The van der Waals surface area contributed by atoms with Crippen LogP contribution in [0.4, 0.5) is 15.8 Å². The van der Waals surface area contributed by atoms with E-state index >= 15 is 0 Å². The van der Waals surface area contributed by atoms with E-state index in [4.69, 9.17) is 4.74 Å². The molecule has 0 unspecified atom stereocenters. The Hall–Kier alpha value is -2.82. The first kappa shape index (κ1) is 15.1. The molecule has 0 radical (unpaired) electrons. The van der Waals surface area contributed by atoms with Gasteiger partial charge in [0, 0.05) is 27.8 Å². The number of alkyl halides is 1. The van der Waals surface area contributed by atoms with Crippen LogP contribution in [0.2, 0.25) is 0 Å². The van der Waals surface area contributed by atoms with Crippen LogP contribution in [-0.4, -0.2) is 17.6 Å². The van der Waals surface area contributed by atoms with Gasteiger partial charge in [0.1, 0.15) is 12.4 Å². The number of carbonyl (C=O) groups is 1. The van der Waals surface area contributed by atoms with Crippen molar-refractivity contribution in [1.82, 2.24) is 4.98 Å². The number of anilines is 2. The van der Waals surface area contributed by atoms with Gasteiger partial charge in [-0.05, 0) is 31.2 Å². The number of benzene rings is 2. The van der Waals surface area contributed by atoms with Gasteiger partial charge < -0.3 is 15.0 Å². The van der Waals surface area contributed by atoms with Gasteiger partial charge in [0.2, 0.25) is 0 Å². The van der Waals surface area contributed by atoms with E-state index in [1.807, 2.05) is 30.3 Å². The molecule has 3 aromatic rings. The molecule has 118 valence electrons. The molecule has 1 aromatic heterocycles. The number of carbonyl (C=O) groups excluding carboxylic acids is 1. The number of hydrogen-bond acceptors (Lipinski definition) is 3. The first-order chi connectivity index (χ1) is 11.2. The van der Waals surface area contributed by atoms with Crippen molar-refractivity contribution in [3.63, 3.8) is 0 Å². The van der Waals surface area contributed by atoms with Crippen LogP contribution in [0.5, 0.6) is 0 Å². The Labute approximate surface area is 133 Å². The average Bonchev–Trinajstić information content (AvgIpc) is 2.99. The number of nitrogens with one attached hydrogen (secondary N) is 2. The van der Waals surface area contributed by atoms with Crippen molar-refractivity contribution >= 4 is 28.2 Å². The summed E-state index contributed by atoms with van der Waals surface area (Å²) in [7, 11) is 0. The smallest absolute Gasteiger partial charge is 0.354 e. The van der Waals surface area contributed by atoms with Crippen molar-refractivity contribution in [2.45, 2.75) is 13.6 Å². The molecule has 0 atom stereocenters. The summed E-state index contributed by atoms with van der Waals surface area (Å²) in [5.41, 5.74) is 3.38. The quantitative estimate of drug-likeness (QED) is 0.679. The lowest BCUT2D eigenvalue weighted by Gasteiger charge is -2.10. The number of halogens is 1. The van der Waals surface area contributed by atoms with E-state index in [1.165, 1.54) is 0 Å². The van der Waals surface area contributed by atoms with E-state index in [0.29, 0.717) is 17.9 Å². The number of aromatic nitrogens is 1. The predicted molar refractivity (Wildman–Crippen MR) is 88.8 cm³/mol. The minimum absolute atomic E-state index is 0.334. The highest BCUT2D eigenvalue weighted by Gasteiger charge is 2.10. The lowest BCUT2D eigenvalue weighted by molar-refractivity contribution is 0.0520. The molecular formula is C18H17FN2O2. The minimum atomic E-state index is -0.527. The molecule has 0 bridgehead atoms. The summed E-state index contributed by atoms with van der Waals surface area (Å²) < 4.78 is 18.0. The summed E-state index contributed by atoms with van der Waals surface area (Å²) in [5.74, 6) is -0.374. The molecular weight excluding hydrogens is 295 g/mol. The maximum atomic E-state index is 13.0. The molecule has 2 aromatic carbocycles. The highest BCUT2D eigenvalue weighted by molar-refractivity contribution is 5.95. The number of hydrogen-bond donors (Lipinski definition) is 2. The van der Waals surface area contributed by atoms with Crippen molar-refractivity contribution < 1.29 is 13.9 Å². The number of rotatable bonds is 5. The summed E-state index contributed by atoms with van der Waals surface area (Å²) >= 11 is 0. The van der Waals surface area contributed by atoms with Crippen LogP contribution in [0, 0.1) is 0 Å². The van der Waals surface area contributed by atoms with Crippen molar-refractivity contribution in [2.24, 2.45) is 0 Å². The number of H-pyrrole nitrogens is 1. The number of aromatic amines is 1. The maximum absolute atomic E-state index is 13.0. The molecule has 0 aliphatic rings. The summed E-state index contributed by atoms with van der Waals surface area (Å²) in [6, 6.07) is 14.7. The molecule has 0 aliphatic carbocycles. The average molecular weight is 312 g/mol. The fourth-order valence-electron chi connectivity index (χ4n) is 2.44. The monoisotopic (exact) mass is 312 g/mol. The van der Waals surface area contributed by atoms with Gasteiger partial charge in [-0.15, -0.1) is 0 Å². The number of esters is 1. The van der Waals surface area contributed by atoms with Gasteiger partial charge in [0.25, 0.3) is 0 Å². The van der Waals surface area contributed by atoms with Crippen LogP contribution in [-0.2, 0) is 11.4 Å². The topological polar surface area (TPSA) is 54.1 Å². The zero-order valence-corrected chi connectivity index (χ0v) is 12.7. The molecule has 0 spiro atoms. The van der Waals surface area contributed by atoms with Crippen LogP contribution in [0.15, 0.2) is 48.5 Å². The first-order valence-electron chi connectivity index (χ1n) is 7.42. The highest BCUT2D eigenvalue weighted by Crippen LogP contribution is 2.25. The molecule has 5 heteroatoms. The molecule has 23 heavy (non-hydrogen) atoms. The molecule has 0 aliphatic heterocycles. The third-order valence-electron chi connectivity index (χ3n) is 3.56. The number of fused-ring (bicyclic) bond motifs is 1. The van der Waals surface area contributed by atoms with Crippen LogP contribution in [0.3, 0.4) is 0 Å². The van der Waals surface area contributed by atoms with Gasteiger partial charge in [-0.2, -0.15) is 0 Å². The Bertz CT molecular complexity index is 842. The van der Waals surface area contributed by atoms with Gasteiger partial charge >= 0.3 is 5.97 Å². The fourth-order valence-corrected chi connectivity index (χ4v) is 2.44. The zero-order valence-electron chi connectivity index (χ0n) is 12.7.